The van der Waals surface area contributed by atoms with Crippen LogP contribution in [0.1, 0.15) is 28.8 Å². The second-order valence-electron chi connectivity index (χ2n) is 6.05. The van der Waals surface area contributed by atoms with Crippen molar-refractivity contribution in [3.63, 3.8) is 0 Å². The number of carbonyl (C=O) groups is 1. The highest BCUT2D eigenvalue weighted by molar-refractivity contribution is 5.95. The minimum Gasteiger partial charge on any atom is -0.490 e. The second-order valence-corrected chi connectivity index (χ2v) is 6.05. The van der Waals surface area contributed by atoms with Gasteiger partial charge in [0.25, 0.3) is 5.91 Å². The number of carbonyl (C=O) groups excluding carboxylic acids is 1. The molecule has 1 saturated heterocycles. The second kappa shape index (κ2) is 6.73. The van der Waals surface area contributed by atoms with Crippen LogP contribution in [0, 0.1) is 6.92 Å². The van der Waals surface area contributed by atoms with Crippen LogP contribution in [-0.2, 0) is 0 Å². The number of ether oxygens (including phenoxy) is 1. The van der Waals surface area contributed by atoms with Gasteiger partial charge in [-0.25, -0.2) is 0 Å². The number of nitrogen functional groups attached to an aromatic ring is 1. The highest BCUT2D eigenvalue weighted by atomic mass is 16.5. The number of benzene rings is 2. The first kappa shape index (κ1) is 15.4. The Balaban J connectivity index is 1.55. The van der Waals surface area contributed by atoms with Crippen LogP contribution in [0.5, 0.6) is 5.75 Å². The molecule has 0 spiro atoms. The summed E-state index contributed by atoms with van der Waals surface area (Å²) in [6.45, 7) is 3.48. The zero-order chi connectivity index (χ0) is 16.2. The van der Waals surface area contributed by atoms with Gasteiger partial charge in [-0.05, 0) is 37.3 Å². The number of nitrogens with two attached hydrogens (primary N) is 1. The SMILES string of the molecule is Cc1ccc(OC2CCN(C(=O)c3cccc(N)c3)CC2)cc1. The van der Waals surface area contributed by atoms with E-state index in [0.717, 1.165) is 18.6 Å². The molecule has 2 N–H and O–H groups in total. The lowest BCUT2D eigenvalue weighted by Gasteiger charge is -2.32. The van der Waals surface area contributed by atoms with Gasteiger partial charge in [-0.15, -0.1) is 0 Å². The molecule has 1 aliphatic heterocycles. The molecular formula is C19H22N2O2. The lowest BCUT2D eigenvalue weighted by Crippen LogP contribution is -2.41. The van der Waals surface area contributed by atoms with E-state index < -0.39 is 0 Å². The Kier molecular flexibility index (Phi) is 4.51. The van der Waals surface area contributed by atoms with Gasteiger partial charge in [-0.1, -0.05) is 23.8 Å². The monoisotopic (exact) mass is 310 g/mol. The van der Waals surface area contributed by atoms with Crippen molar-refractivity contribution in [3.05, 3.63) is 59.7 Å². The minimum absolute atomic E-state index is 0.0473. The molecule has 120 valence electrons. The van der Waals surface area contributed by atoms with Gasteiger partial charge in [0, 0.05) is 37.2 Å². The van der Waals surface area contributed by atoms with Crippen molar-refractivity contribution in [1.82, 2.24) is 4.90 Å². The number of hydrogen-bond donors (Lipinski definition) is 1. The zero-order valence-corrected chi connectivity index (χ0v) is 13.4. The lowest BCUT2D eigenvalue weighted by atomic mass is 10.1. The molecule has 1 aliphatic rings. The fraction of sp³-hybridized carbons (Fsp3) is 0.316. The summed E-state index contributed by atoms with van der Waals surface area (Å²) in [5.74, 6) is 0.947. The summed E-state index contributed by atoms with van der Waals surface area (Å²) in [5.41, 5.74) is 8.25. The van der Waals surface area contributed by atoms with E-state index in [9.17, 15) is 4.79 Å². The number of rotatable bonds is 3. The van der Waals surface area contributed by atoms with Gasteiger partial charge >= 0.3 is 0 Å². The number of piperidine rings is 1. The number of anilines is 1. The van der Waals surface area contributed by atoms with E-state index >= 15 is 0 Å². The third-order valence-corrected chi connectivity index (χ3v) is 4.19. The van der Waals surface area contributed by atoms with E-state index in [-0.39, 0.29) is 12.0 Å². The Morgan fingerprint density at radius 1 is 1.13 bits per heavy atom. The Labute approximate surface area is 136 Å². The van der Waals surface area contributed by atoms with Crippen molar-refractivity contribution in [2.45, 2.75) is 25.9 Å². The first-order valence-electron chi connectivity index (χ1n) is 8.00. The van der Waals surface area contributed by atoms with Gasteiger partial charge in [0.1, 0.15) is 11.9 Å². The van der Waals surface area contributed by atoms with Crippen LogP contribution in [0.15, 0.2) is 48.5 Å². The van der Waals surface area contributed by atoms with E-state index in [1.54, 1.807) is 12.1 Å². The zero-order valence-electron chi connectivity index (χ0n) is 13.4. The molecule has 2 aromatic carbocycles. The molecule has 1 fully saturated rings. The van der Waals surface area contributed by atoms with Gasteiger partial charge in [0.15, 0.2) is 0 Å². The summed E-state index contributed by atoms with van der Waals surface area (Å²) < 4.78 is 6.01. The molecule has 3 rings (SSSR count). The molecule has 1 amide bonds. The molecular weight excluding hydrogens is 288 g/mol. The highest BCUT2D eigenvalue weighted by Crippen LogP contribution is 2.21. The van der Waals surface area contributed by atoms with Crippen LogP contribution in [0.3, 0.4) is 0 Å². The van der Waals surface area contributed by atoms with Crippen LogP contribution in [0.25, 0.3) is 0 Å². The molecule has 0 bridgehead atoms. The molecule has 4 heteroatoms. The van der Waals surface area contributed by atoms with Crippen LogP contribution in [0.4, 0.5) is 5.69 Å². The molecule has 4 nitrogen and oxygen atoms in total. The number of amides is 1. The van der Waals surface area contributed by atoms with Crippen molar-refractivity contribution < 1.29 is 9.53 Å². The van der Waals surface area contributed by atoms with Crippen LogP contribution < -0.4 is 10.5 Å². The molecule has 0 aliphatic carbocycles. The summed E-state index contributed by atoms with van der Waals surface area (Å²) >= 11 is 0. The van der Waals surface area contributed by atoms with Crippen LogP contribution >= 0.6 is 0 Å². The molecule has 0 radical (unpaired) electrons. The van der Waals surface area contributed by atoms with Crippen molar-refractivity contribution in [1.29, 1.82) is 0 Å². The maximum atomic E-state index is 12.5. The minimum atomic E-state index is 0.0473. The largest absolute Gasteiger partial charge is 0.490 e. The maximum absolute atomic E-state index is 12.5. The standard InChI is InChI=1S/C19H22N2O2/c1-14-5-7-17(8-6-14)23-18-9-11-21(12-10-18)19(22)15-3-2-4-16(20)13-15/h2-8,13,18H,9-12,20H2,1H3. The van der Waals surface area contributed by atoms with Crippen molar-refractivity contribution in [3.8, 4) is 5.75 Å². The summed E-state index contributed by atoms with van der Waals surface area (Å²) in [6, 6.07) is 15.2. The molecule has 1 heterocycles. The Morgan fingerprint density at radius 2 is 1.83 bits per heavy atom. The number of aryl methyl sites for hydroxylation is 1. The van der Waals surface area contributed by atoms with Crippen molar-refractivity contribution in [2.24, 2.45) is 0 Å². The van der Waals surface area contributed by atoms with Gasteiger partial charge in [-0.2, -0.15) is 0 Å². The molecule has 0 atom stereocenters. The fourth-order valence-corrected chi connectivity index (χ4v) is 2.84. The number of likely N-dealkylation sites (tertiary alicyclic amines) is 1. The average Bonchev–Trinajstić information content (AvgIpc) is 2.57. The topological polar surface area (TPSA) is 55.6 Å². The quantitative estimate of drug-likeness (QED) is 0.885. The molecule has 2 aromatic rings. The average molecular weight is 310 g/mol. The molecule has 0 unspecified atom stereocenters. The maximum Gasteiger partial charge on any atom is 0.253 e. The predicted octanol–water partition coefficient (Wildman–Crippen LogP) is 3.26. The first-order chi connectivity index (χ1) is 11.1. The molecule has 0 aromatic heterocycles. The van der Waals surface area contributed by atoms with E-state index in [2.05, 4.69) is 6.92 Å². The van der Waals surface area contributed by atoms with Gasteiger partial charge in [0.05, 0.1) is 0 Å². The Morgan fingerprint density at radius 3 is 2.48 bits per heavy atom. The van der Waals surface area contributed by atoms with E-state index in [1.165, 1.54) is 5.56 Å². The number of hydrogen-bond acceptors (Lipinski definition) is 3. The lowest BCUT2D eigenvalue weighted by molar-refractivity contribution is 0.0595. The molecule has 0 saturated carbocycles. The normalized spacial score (nSPS) is 15.4. The summed E-state index contributed by atoms with van der Waals surface area (Å²) in [7, 11) is 0. The van der Waals surface area contributed by atoms with Gasteiger partial charge in [0.2, 0.25) is 0 Å². The van der Waals surface area contributed by atoms with Crippen molar-refractivity contribution >= 4 is 11.6 Å². The smallest absolute Gasteiger partial charge is 0.253 e. The van der Waals surface area contributed by atoms with Gasteiger partial charge < -0.3 is 15.4 Å². The molecule has 23 heavy (non-hydrogen) atoms. The number of nitrogens with zero attached hydrogens (tertiary/aromatic N) is 1. The highest BCUT2D eigenvalue weighted by Gasteiger charge is 2.24. The van der Waals surface area contributed by atoms with Crippen molar-refractivity contribution in [2.75, 3.05) is 18.8 Å². The third-order valence-electron chi connectivity index (χ3n) is 4.19. The summed E-state index contributed by atoms with van der Waals surface area (Å²) in [4.78, 5) is 14.4. The van der Waals surface area contributed by atoms with Crippen LogP contribution in [-0.4, -0.2) is 30.0 Å². The summed E-state index contributed by atoms with van der Waals surface area (Å²) in [5, 5.41) is 0. The summed E-state index contributed by atoms with van der Waals surface area (Å²) in [6.07, 6.45) is 1.87. The van der Waals surface area contributed by atoms with E-state index in [0.29, 0.717) is 24.3 Å². The Bertz CT molecular complexity index is 674. The van der Waals surface area contributed by atoms with E-state index in [1.807, 2.05) is 41.3 Å². The fourth-order valence-electron chi connectivity index (χ4n) is 2.84. The van der Waals surface area contributed by atoms with E-state index in [4.69, 9.17) is 10.5 Å². The van der Waals surface area contributed by atoms with Gasteiger partial charge in [-0.3, -0.25) is 4.79 Å². The van der Waals surface area contributed by atoms with Crippen LogP contribution in [0.2, 0.25) is 0 Å². The first-order valence-corrected chi connectivity index (χ1v) is 8.00. The Hall–Kier alpha value is -2.49. The third kappa shape index (κ3) is 3.83. The predicted molar refractivity (Wildman–Crippen MR) is 91.6 cm³/mol.